The van der Waals surface area contributed by atoms with Crippen molar-refractivity contribution in [1.29, 1.82) is 0 Å². The standard InChI is InChI=1S/C36H53F6NO2/c1-33-17-14-27-28-23-30(37)31(44)22-25(28)21-24(32(27)29(33)15-18-34(33,2)45)11-6-5-9-19-43-20-10-13-26(43)12-7-3-4-8-16-35(38,39)36(40,41)42/h22-24,26-27,29,32,44-45H,3-21H2,1-2H3/t24?,26-,27-,29+,32-,33+,34-/m1/s1. The maximum atomic E-state index is 14.5. The van der Waals surface area contributed by atoms with Crippen LogP contribution in [0.2, 0.25) is 0 Å². The van der Waals surface area contributed by atoms with E-state index >= 15 is 0 Å². The lowest BCUT2D eigenvalue weighted by atomic mass is 9.50. The summed E-state index contributed by atoms with van der Waals surface area (Å²) in [6.07, 6.45) is 7.45. The van der Waals surface area contributed by atoms with Gasteiger partial charge in [-0.1, -0.05) is 39.0 Å². The zero-order valence-corrected chi connectivity index (χ0v) is 27.1. The number of rotatable bonds is 13. The predicted molar refractivity (Wildman–Crippen MR) is 164 cm³/mol. The van der Waals surface area contributed by atoms with E-state index in [1.165, 1.54) is 0 Å². The summed E-state index contributed by atoms with van der Waals surface area (Å²) in [6, 6.07) is 3.70. The number of halogens is 6. The van der Waals surface area contributed by atoms with Gasteiger partial charge in [-0.25, -0.2) is 4.39 Å². The second-order valence-electron chi connectivity index (χ2n) is 15.4. The Morgan fingerprint density at radius 2 is 1.60 bits per heavy atom. The minimum absolute atomic E-state index is 0.105. The Bertz CT molecular complexity index is 1160. The molecule has 4 aliphatic rings. The summed E-state index contributed by atoms with van der Waals surface area (Å²) in [5.41, 5.74) is 1.35. The predicted octanol–water partition coefficient (Wildman–Crippen LogP) is 9.93. The molecule has 0 radical (unpaired) electrons. The van der Waals surface area contributed by atoms with Crippen molar-refractivity contribution >= 4 is 0 Å². The van der Waals surface area contributed by atoms with Crippen LogP contribution in [0.5, 0.6) is 5.75 Å². The number of unbranched alkanes of at least 4 members (excludes halogenated alkanes) is 5. The van der Waals surface area contributed by atoms with E-state index in [2.05, 4.69) is 11.8 Å². The maximum Gasteiger partial charge on any atom is 0.453 e. The highest BCUT2D eigenvalue weighted by molar-refractivity contribution is 5.42. The van der Waals surface area contributed by atoms with Crippen molar-refractivity contribution in [2.45, 2.75) is 153 Å². The Kier molecular flexibility index (Phi) is 10.5. The van der Waals surface area contributed by atoms with Crippen LogP contribution in [-0.2, 0) is 6.42 Å². The molecule has 1 aromatic rings. The largest absolute Gasteiger partial charge is 0.505 e. The average molecular weight is 646 g/mol. The fraction of sp³-hybridized carbons (Fsp3) is 0.833. The Hall–Kier alpha value is -1.48. The van der Waals surface area contributed by atoms with Crippen LogP contribution < -0.4 is 0 Å². The van der Waals surface area contributed by atoms with E-state index in [1.807, 2.05) is 6.92 Å². The van der Waals surface area contributed by atoms with Gasteiger partial charge < -0.3 is 15.1 Å². The average Bonchev–Trinajstić information content (AvgIpc) is 3.51. The van der Waals surface area contributed by atoms with Gasteiger partial charge >= 0.3 is 12.1 Å². The lowest BCUT2D eigenvalue weighted by molar-refractivity contribution is -0.284. The number of aromatic hydroxyl groups is 1. The maximum absolute atomic E-state index is 14.5. The molecule has 2 N–H and O–H groups in total. The molecule has 0 spiro atoms. The molecule has 1 saturated heterocycles. The molecule has 9 heteroatoms. The van der Waals surface area contributed by atoms with E-state index in [0.717, 1.165) is 108 Å². The summed E-state index contributed by atoms with van der Waals surface area (Å²) in [5.74, 6) is -3.85. The number of benzene rings is 1. The lowest BCUT2D eigenvalue weighted by Crippen LogP contribution is -2.51. The normalized spacial score (nSPS) is 33.7. The minimum atomic E-state index is -5.46. The fourth-order valence-corrected chi connectivity index (χ4v) is 9.95. The molecular formula is C36H53F6NO2. The third-order valence-electron chi connectivity index (χ3n) is 12.7. The molecule has 7 atom stereocenters. The van der Waals surface area contributed by atoms with Crippen LogP contribution >= 0.6 is 0 Å². The van der Waals surface area contributed by atoms with Crippen LogP contribution in [0.1, 0.15) is 134 Å². The quantitative estimate of drug-likeness (QED) is 0.166. The Morgan fingerprint density at radius 1 is 0.889 bits per heavy atom. The van der Waals surface area contributed by atoms with Crippen molar-refractivity contribution in [2.75, 3.05) is 13.1 Å². The summed E-state index contributed by atoms with van der Waals surface area (Å²) in [7, 11) is 0. The van der Waals surface area contributed by atoms with Gasteiger partial charge in [-0.15, -0.1) is 0 Å². The van der Waals surface area contributed by atoms with Gasteiger partial charge in [0.2, 0.25) is 0 Å². The van der Waals surface area contributed by atoms with Crippen LogP contribution in [0.3, 0.4) is 0 Å². The first-order chi connectivity index (χ1) is 21.1. The third-order valence-corrected chi connectivity index (χ3v) is 12.7. The number of fused-ring (bicyclic) bond motifs is 5. The van der Waals surface area contributed by atoms with E-state index < -0.39 is 29.9 Å². The number of likely N-dealkylation sites (tertiary alicyclic amines) is 1. The Labute approximate surface area is 265 Å². The molecule has 3 nitrogen and oxygen atoms in total. The Balaban J connectivity index is 1.09. The summed E-state index contributed by atoms with van der Waals surface area (Å²) in [6.45, 7) is 6.36. The molecule has 0 bridgehead atoms. The molecule has 1 aliphatic heterocycles. The molecule has 256 valence electrons. The first-order valence-electron chi connectivity index (χ1n) is 17.6. The van der Waals surface area contributed by atoms with Crippen LogP contribution in [0, 0.1) is 29.0 Å². The van der Waals surface area contributed by atoms with E-state index in [0.29, 0.717) is 36.6 Å². The highest BCUT2D eigenvalue weighted by Gasteiger charge is 2.61. The van der Waals surface area contributed by atoms with Crippen molar-refractivity contribution in [3.8, 4) is 5.75 Å². The first-order valence-corrected chi connectivity index (χ1v) is 17.6. The molecule has 1 unspecified atom stereocenters. The molecule has 1 heterocycles. The SMILES string of the molecule is C[C@]12CC[C@@H]3c4cc(F)c(O)cc4CC(CCCCCN4CCC[C@H]4CCCCCCC(F)(F)C(F)(F)F)[C@H]3[C@@H]1CC[C@@]2(C)O. The van der Waals surface area contributed by atoms with Crippen molar-refractivity contribution < 1.29 is 36.6 Å². The van der Waals surface area contributed by atoms with Gasteiger partial charge in [-0.2, -0.15) is 22.0 Å². The molecule has 0 aromatic heterocycles. The van der Waals surface area contributed by atoms with Gasteiger partial charge in [0.15, 0.2) is 11.6 Å². The van der Waals surface area contributed by atoms with E-state index in [1.54, 1.807) is 12.1 Å². The second kappa shape index (κ2) is 13.6. The van der Waals surface area contributed by atoms with E-state index in [-0.39, 0.29) is 23.5 Å². The van der Waals surface area contributed by atoms with Gasteiger partial charge in [0.1, 0.15) is 0 Å². The van der Waals surface area contributed by atoms with Crippen molar-refractivity contribution in [2.24, 2.45) is 23.2 Å². The third kappa shape index (κ3) is 7.19. The van der Waals surface area contributed by atoms with E-state index in [4.69, 9.17) is 0 Å². The van der Waals surface area contributed by atoms with Gasteiger partial charge in [0.25, 0.3) is 0 Å². The fourth-order valence-electron chi connectivity index (χ4n) is 9.95. The number of phenols is 1. The van der Waals surface area contributed by atoms with Crippen molar-refractivity contribution in [3.63, 3.8) is 0 Å². The van der Waals surface area contributed by atoms with Crippen molar-refractivity contribution in [3.05, 3.63) is 29.1 Å². The summed E-state index contributed by atoms with van der Waals surface area (Å²) in [4.78, 5) is 2.54. The van der Waals surface area contributed by atoms with Crippen molar-refractivity contribution in [1.82, 2.24) is 4.90 Å². The van der Waals surface area contributed by atoms with Gasteiger partial charge in [0.05, 0.1) is 5.60 Å². The van der Waals surface area contributed by atoms with Crippen LogP contribution in [0.15, 0.2) is 12.1 Å². The number of hydrogen-bond acceptors (Lipinski definition) is 3. The van der Waals surface area contributed by atoms with Crippen LogP contribution in [-0.4, -0.2) is 51.9 Å². The minimum Gasteiger partial charge on any atom is -0.505 e. The highest BCUT2D eigenvalue weighted by atomic mass is 19.4. The summed E-state index contributed by atoms with van der Waals surface area (Å²) < 4.78 is 77.8. The van der Waals surface area contributed by atoms with Gasteiger partial charge in [-0.05, 0) is 143 Å². The topological polar surface area (TPSA) is 43.7 Å². The number of aliphatic hydroxyl groups is 1. The number of hydrogen-bond donors (Lipinski definition) is 2. The monoisotopic (exact) mass is 645 g/mol. The molecule has 1 aromatic carbocycles. The first kappa shape index (κ1) is 34.8. The van der Waals surface area contributed by atoms with Crippen LogP contribution in [0.4, 0.5) is 26.3 Å². The number of nitrogens with zero attached hydrogens (tertiary/aromatic N) is 1. The molecule has 2 saturated carbocycles. The zero-order chi connectivity index (χ0) is 32.6. The zero-order valence-electron chi connectivity index (χ0n) is 27.1. The van der Waals surface area contributed by atoms with E-state index in [9.17, 15) is 36.6 Å². The molecular weight excluding hydrogens is 592 g/mol. The molecule has 5 rings (SSSR count). The number of alkyl halides is 5. The van der Waals surface area contributed by atoms with Gasteiger partial charge in [-0.3, -0.25) is 0 Å². The molecule has 0 amide bonds. The van der Waals surface area contributed by atoms with Crippen LogP contribution in [0.25, 0.3) is 0 Å². The lowest BCUT2D eigenvalue weighted by Gasteiger charge is -2.55. The molecule has 3 aliphatic carbocycles. The van der Waals surface area contributed by atoms with Gasteiger partial charge in [0, 0.05) is 12.5 Å². The summed E-state index contributed by atoms with van der Waals surface area (Å²) >= 11 is 0. The smallest absolute Gasteiger partial charge is 0.453 e. The molecule has 3 fully saturated rings. The second-order valence-corrected chi connectivity index (χ2v) is 15.4. The highest BCUT2D eigenvalue weighted by Crippen LogP contribution is 2.65. The molecule has 45 heavy (non-hydrogen) atoms. The summed E-state index contributed by atoms with van der Waals surface area (Å²) in [5, 5.41) is 21.5. The number of phenolic OH excluding ortho intramolecular Hbond substituents is 1. The Morgan fingerprint density at radius 3 is 2.36 bits per heavy atom.